The Labute approximate surface area is 168 Å². The molecule has 1 aliphatic heterocycles. The van der Waals surface area contributed by atoms with Crippen molar-refractivity contribution in [3.05, 3.63) is 63.1 Å². The smallest absolute Gasteiger partial charge is 0.316 e. The summed E-state index contributed by atoms with van der Waals surface area (Å²) in [5.74, 6) is 0.494. The van der Waals surface area contributed by atoms with Crippen LogP contribution in [0.15, 0.2) is 36.4 Å². The van der Waals surface area contributed by atoms with Gasteiger partial charge in [0.15, 0.2) is 6.79 Å². The van der Waals surface area contributed by atoms with Crippen LogP contribution in [-0.4, -0.2) is 12.8 Å². The van der Waals surface area contributed by atoms with E-state index < -0.39 is 5.41 Å². The van der Waals surface area contributed by atoms with Crippen molar-refractivity contribution in [1.82, 2.24) is 0 Å². The van der Waals surface area contributed by atoms with E-state index in [0.29, 0.717) is 22.4 Å². The van der Waals surface area contributed by atoms with Crippen LogP contribution in [0, 0.1) is 0 Å². The maximum atomic E-state index is 13.1. The normalized spacial score (nSPS) is 17.9. The highest BCUT2D eigenvalue weighted by Gasteiger charge is 2.44. The molecular formula is C21H20Cl2O4. The summed E-state index contributed by atoms with van der Waals surface area (Å²) in [7, 11) is 0. The van der Waals surface area contributed by atoms with E-state index in [0.717, 1.165) is 42.4 Å². The first kappa shape index (κ1) is 18.6. The molecule has 6 heteroatoms. The molecule has 1 aliphatic carbocycles. The lowest BCUT2D eigenvalue weighted by atomic mass is 9.79. The summed E-state index contributed by atoms with van der Waals surface area (Å²) in [6.07, 6.45) is 3.58. The topological polar surface area (TPSA) is 44.8 Å². The van der Waals surface area contributed by atoms with Crippen molar-refractivity contribution in [3.8, 4) is 5.75 Å². The summed E-state index contributed by atoms with van der Waals surface area (Å²) < 4.78 is 16.7. The van der Waals surface area contributed by atoms with Crippen molar-refractivity contribution in [3.63, 3.8) is 0 Å². The summed E-state index contributed by atoms with van der Waals surface area (Å²) >= 11 is 12.2. The molecule has 2 aliphatic rings. The molecule has 0 atom stereocenters. The van der Waals surface area contributed by atoms with E-state index in [1.807, 2.05) is 30.3 Å². The number of benzene rings is 2. The third-order valence-electron chi connectivity index (χ3n) is 5.36. The number of carbonyl (C=O) groups is 1. The Hall–Kier alpha value is -1.75. The van der Waals surface area contributed by atoms with Crippen LogP contribution in [0.5, 0.6) is 5.75 Å². The summed E-state index contributed by atoms with van der Waals surface area (Å²) in [4.78, 5) is 13.1. The molecule has 0 unspecified atom stereocenters. The fourth-order valence-electron chi connectivity index (χ4n) is 4.00. The summed E-state index contributed by atoms with van der Waals surface area (Å²) in [6, 6.07) is 11.1. The molecule has 0 aromatic heterocycles. The second-order valence-corrected chi connectivity index (χ2v) is 7.91. The standard InChI is InChI=1S/C21H20Cl2O4/c22-17-5-3-16(4-6-17)21(7-1-2-8-21)20(24)26-12-15-10-18(23)9-14-11-25-13-27-19(14)15/h3-6,9-10H,1-2,7-8,11-13H2. The molecular weight excluding hydrogens is 387 g/mol. The van der Waals surface area contributed by atoms with Gasteiger partial charge in [0.05, 0.1) is 12.0 Å². The monoisotopic (exact) mass is 406 g/mol. The average molecular weight is 407 g/mol. The van der Waals surface area contributed by atoms with E-state index in [2.05, 4.69) is 0 Å². The lowest BCUT2D eigenvalue weighted by Gasteiger charge is -2.28. The van der Waals surface area contributed by atoms with Gasteiger partial charge in [-0.2, -0.15) is 0 Å². The van der Waals surface area contributed by atoms with Gasteiger partial charge in [-0.15, -0.1) is 0 Å². The Balaban J connectivity index is 1.56. The second kappa shape index (κ2) is 7.70. The number of fused-ring (bicyclic) bond motifs is 1. The minimum Gasteiger partial charge on any atom is -0.467 e. The van der Waals surface area contributed by atoms with E-state index in [1.165, 1.54) is 0 Å². The van der Waals surface area contributed by atoms with Crippen molar-refractivity contribution in [2.45, 2.75) is 44.3 Å². The van der Waals surface area contributed by atoms with Gasteiger partial charge in [-0.3, -0.25) is 4.79 Å². The van der Waals surface area contributed by atoms with Crippen molar-refractivity contribution in [2.75, 3.05) is 6.79 Å². The van der Waals surface area contributed by atoms with E-state index in [-0.39, 0.29) is 19.4 Å². The highest BCUT2D eigenvalue weighted by Crippen LogP contribution is 2.43. The molecule has 4 rings (SSSR count). The average Bonchev–Trinajstić information content (AvgIpc) is 3.17. The summed E-state index contributed by atoms with van der Waals surface area (Å²) in [6.45, 7) is 0.743. The Morgan fingerprint density at radius 2 is 1.81 bits per heavy atom. The van der Waals surface area contributed by atoms with Gasteiger partial charge >= 0.3 is 5.97 Å². The van der Waals surface area contributed by atoms with E-state index in [1.54, 1.807) is 6.07 Å². The van der Waals surface area contributed by atoms with Gasteiger partial charge < -0.3 is 14.2 Å². The molecule has 0 spiro atoms. The van der Waals surface area contributed by atoms with Crippen LogP contribution in [0.4, 0.5) is 0 Å². The van der Waals surface area contributed by atoms with Gasteiger partial charge in [-0.05, 0) is 42.7 Å². The van der Waals surface area contributed by atoms with Crippen molar-refractivity contribution in [2.24, 2.45) is 0 Å². The Morgan fingerprint density at radius 3 is 2.56 bits per heavy atom. The predicted molar refractivity (Wildman–Crippen MR) is 103 cm³/mol. The van der Waals surface area contributed by atoms with Crippen LogP contribution in [-0.2, 0) is 32.9 Å². The molecule has 1 heterocycles. The first-order chi connectivity index (χ1) is 13.1. The van der Waals surface area contributed by atoms with E-state index in [4.69, 9.17) is 37.4 Å². The molecule has 142 valence electrons. The number of esters is 1. The fraction of sp³-hybridized carbons (Fsp3) is 0.381. The number of halogens is 2. The largest absolute Gasteiger partial charge is 0.467 e. The Kier molecular flexibility index (Phi) is 5.31. The zero-order chi connectivity index (χ0) is 18.9. The highest BCUT2D eigenvalue weighted by molar-refractivity contribution is 6.31. The van der Waals surface area contributed by atoms with Crippen LogP contribution in [0.3, 0.4) is 0 Å². The summed E-state index contributed by atoms with van der Waals surface area (Å²) in [5, 5.41) is 1.23. The highest BCUT2D eigenvalue weighted by atomic mass is 35.5. The summed E-state index contributed by atoms with van der Waals surface area (Å²) in [5.41, 5.74) is 1.99. The predicted octanol–water partition coefficient (Wildman–Crippen LogP) is 5.42. The first-order valence-corrected chi connectivity index (χ1v) is 9.79. The number of hydrogen-bond acceptors (Lipinski definition) is 4. The first-order valence-electron chi connectivity index (χ1n) is 9.04. The quantitative estimate of drug-likeness (QED) is 0.636. The molecule has 0 saturated heterocycles. The third kappa shape index (κ3) is 3.66. The van der Waals surface area contributed by atoms with Gasteiger partial charge in [0, 0.05) is 21.2 Å². The zero-order valence-electron chi connectivity index (χ0n) is 14.8. The Morgan fingerprint density at radius 1 is 1.07 bits per heavy atom. The molecule has 27 heavy (non-hydrogen) atoms. The second-order valence-electron chi connectivity index (χ2n) is 7.04. The lowest BCUT2D eigenvalue weighted by Crippen LogP contribution is -2.34. The van der Waals surface area contributed by atoms with Crippen LogP contribution in [0.1, 0.15) is 42.4 Å². The van der Waals surface area contributed by atoms with Gasteiger partial charge in [0.1, 0.15) is 12.4 Å². The SMILES string of the molecule is O=C(OCc1cc(Cl)cc2c1OCOC2)C1(c2ccc(Cl)cc2)CCCC1. The van der Waals surface area contributed by atoms with E-state index >= 15 is 0 Å². The molecule has 1 fully saturated rings. The van der Waals surface area contributed by atoms with Crippen LogP contribution in [0.25, 0.3) is 0 Å². The van der Waals surface area contributed by atoms with Crippen LogP contribution in [0.2, 0.25) is 10.0 Å². The Bertz CT molecular complexity index is 842. The molecule has 0 N–H and O–H groups in total. The zero-order valence-corrected chi connectivity index (χ0v) is 16.3. The molecule has 4 nitrogen and oxygen atoms in total. The number of hydrogen-bond donors (Lipinski definition) is 0. The van der Waals surface area contributed by atoms with E-state index in [9.17, 15) is 4.79 Å². The van der Waals surface area contributed by atoms with Crippen molar-refractivity contribution >= 4 is 29.2 Å². The number of ether oxygens (including phenoxy) is 3. The van der Waals surface area contributed by atoms with Crippen molar-refractivity contribution in [1.29, 1.82) is 0 Å². The van der Waals surface area contributed by atoms with Crippen LogP contribution >= 0.6 is 23.2 Å². The van der Waals surface area contributed by atoms with Crippen LogP contribution < -0.4 is 4.74 Å². The molecule has 2 aromatic carbocycles. The molecule has 0 radical (unpaired) electrons. The van der Waals surface area contributed by atoms with Gasteiger partial charge in [-0.1, -0.05) is 48.2 Å². The number of carbonyl (C=O) groups excluding carboxylic acids is 1. The molecule has 1 saturated carbocycles. The van der Waals surface area contributed by atoms with Gasteiger partial charge in [0.25, 0.3) is 0 Å². The maximum absolute atomic E-state index is 13.1. The molecule has 0 amide bonds. The third-order valence-corrected chi connectivity index (χ3v) is 5.83. The van der Waals surface area contributed by atoms with Crippen molar-refractivity contribution < 1.29 is 19.0 Å². The minimum absolute atomic E-state index is 0.122. The lowest BCUT2D eigenvalue weighted by molar-refractivity contribution is -0.152. The maximum Gasteiger partial charge on any atom is 0.316 e. The molecule has 2 aromatic rings. The fourth-order valence-corrected chi connectivity index (χ4v) is 4.39. The van der Waals surface area contributed by atoms with Gasteiger partial charge in [0.2, 0.25) is 0 Å². The molecule has 0 bridgehead atoms. The van der Waals surface area contributed by atoms with Gasteiger partial charge in [-0.25, -0.2) is 0 Å². The minimum atomic E-state index is -0.604. The number of rotatable bonds is 4.